The number of carbonyl (C=O) groups excluding carboxylic acids is 1. The van der Waals surface area contributed by atoms with Crippen molar-refractivity contribution in [2.75, 3.05) is 6.61 Å². The third-order valence-corrected chi connectivity index (χ3v) is 4.70. The molecule has 2 heteroatoms. The van der Waals surface area contributed by atoms with Gasteiger partial charge in [-0.05, 0) is 12.3 Å². The van der Waals surface area contributed by atoms with E-state index in [1.165, 1.54) is 77.0 Å². The predicted octanol–water partition coefficient (Wildman–Crippen LogP) is 7.30. The quantitative estimate of drug-likeness (QED) is 0.205. The van der Waals surface area contributed by atoms with Crippen LogP contribution < -0.4 is 0 Å². The highest BCUT2D eigenvalue weighted by atomic mass is 16.5. The van der Waals surface area contributed by atoms with Gasteiger partial charge in [0.25, 0.3) is 0 Å². The highest BCUT2D eigenvalue weighted by Crippen LogP contribution is 2.15. The first-order valence-electron chi connectivity index (χ1n) is 10.7. The number of hydrogen-bond acceptors (Lipinski definition) is 2. The smallest absolute Gasteiger partial charge is 0.308 e. The van der Waals surface area contributed by atoms with Crippen LogP contribution in [0.4, 0.5) is 0 Å². The Balaban J connectivity index is 3.25. The molecule has 0 bridgehead atoms. The van der Waals surface area contributed by atoms with Crippen molar-refractivity contribution >= 4 is 5.97 Å². The zero-order chi connectivity index (χ0) is 18.0. The van der Waals surface area contributed by atoms with Gasteiger partial charge in [0.1, 0.15) is 0 Å². The van der Waals surface area contributed by atoms with Crippen LogP contribution in [0.1, 0.15) is 118 Å². The van der Waals surface area contributed by atoms with Gasteiger partial charge >= 0.3 is 5.97 Å². The maximum Gasteiger partial charge on any atom is 0.308 e. The molecule has 0 aromatic carbocycles. The van der Waals surface area contributed by atoms with E-state index >= 15 is 0 Å². The fourth-order valence-electron chi connectivity index (χ4n) is 2.98. The molecule has 0 rings (SSSR count). The van der Waals surface area contributed by atoms with Gasteiger partial charge in [-0.2, -0.15) is 0 Å². The second-order valence-electron chi connectivity index (χ2n) is 7.96. The first-order chi connectivity index (χ1) is 11.6. The van der Waals surface area contributed by atoms with Crippen molar-refractivity contribution in [3.05, 3.63) is 0 Å². The fraction of sp³-hybridized carbons (Fsp3) is 0.955. The van der Waals surface area contributed by atoms with Crippen LogP contribution in [0.5, 0.6) is 0 Å². The van der Waals surface area contributed by atoms with E-state index < -0.39 is 0 Å². The molecule has 0 fully saturated rings. The van der Waals surface area contributed by atoms with Gasteiger partial charge in [-0.25, -0.2) is 0 Å². The SMILES string of the molecule is CCCCCCCCCCCCCCCC(C)C(=O)OCC(C)C. The summed E-state index contributed by atoms with van der Waals surface area (Å²) in [5.74, 6) is 0.483. The van der Waals surface area contributed by atoms with E-state index in [-0.39, 0.29) is 11.9 Å². The van der Waals surface area contributed by atoms with Gasteiger partial charge in [-0.3, -0.25) is 4.79 Å². The standard InChI is InChI=1S/C22H44O2/c1-5-6-7-8-9-10-11-12-13-14-15-16-17-18-21(4)22(23)24-19-20(2)3/h20-21H,5-19H2,1-4H3. The lowest BCUT2D eigenvalue weighted by molar-refractivity contribution is -0.149. The normalized spacial score (nSPS) is 12.5. The van der Waals surface area contributed by atoms with Gasteiger partial charge in [0.2, 0.25) is 0 Å². The third-order valence-electron chi connectivity index (χ3n) is 4.70. The molecular weight excluding hydrogens is 296 g/mol. The van der Waals surface area contributed by atoms with Gasteiger partial charge in [0.05, 0.1) is 12.5 Å². The van der Waals surface area contributed by atoms with E-state index in [1.54, 1.807) is 0 Å². The van der Waals surface area contributed by atoms with Crippen LogP contribution in [0, 0.1) is 11.8 Å². The highest BCUT2D eigenvalue weighted by molar-refractivity contribution is 5.71. The van der Waals surface area contributed by atoms with Crippen molar-refractivity contribution in [1.29, 1.82) is 0 Å². The monoisotopic (exact) mass is 340 g/mol. The predicted molar refractivity (Wildman–Crippen MR) is 105 cm³/mol. The summed E-state index contributed by atoms with van der Waals surface area (Å²) in [4.78, 5) is 11.8. The molecular formula is C22H44O2. The van der Waals surface area contributed by atoms with E-state index in [4.69, 9.17) is 4.74 Å². The van der Waals surface area contributed by atoms with Gasteiger partial charge in [0, 0.05) is 0 Å². The summed E-state index contributed by atoms with van der Waals surface area (Å²) < 4.78 is 5.29. The minimum Gasteiger partial charge on any atom is -0.465 e. The molecule has 0 aliphatic heterocycles. The van der Waals surface area contributed by atoms with Crippen molar-refractivity contribution < 1.29 is 9.53 Å². The molecule has 0 amide bonds. The Labute approximate surface area is 152 Å². The van der Waals surface area contributed by atoms with Gasteiger partial charge < -0.3 is 4.74 Å². The van der Waals surface area contributed by atoms with E-state index in [2.05, 4.69) is 20.8 Å². The molecule has 0 spiro atoms. The summed E-state index contributed by atoms with van der Waals surface area (Å²) in [5.41, 5.74) is 0. The zero-order valence-electron chi connectivity index (χ0n) is 17.1. The van der Waals surface area contributed by atoms with Crippen LogP contribution in [0.3, 0.4) is 0 Å². The van der Waals surface area contributed by atoms with Gasteiger partial charge in [-0.1, -0.05) is 111 Å². The second kappa shape index (κ2) is 17.3. The molecule has 1 atom stereocenters. The second-order valence-corrected chi connectivity index (χ2v) is 7.96. The average Bonchev–Trinajstić information content (AvgIpc) is 2.56. The molecule has 0 N–H and O–H groups in total. The van der Waals surface area contributed by atoms with Crippen LogP contribution >= 0.6 is 0 Å². The number of ether oxygens (including phenoxy) is 1. The van der Waals surface area contributed by atoms with E-state index in [0.717, 1.165) is 12.8 Å². The summed E-state index contributed by atoms with van der Waals surface area (Å²) in [6.07, 6.45) is 18.8. The number of hydrogen-bond donors (Lipinski definition) is 0. The van der Waals surface area contributed by atoms with Crippen molar-refractivity contribution in [3.63, 3.8) is 0 Å². The molecule has 1 unspecified atom stereocenters. The number of unbranched alkanes of at least 4 members (excludes halogenated alkanes) is 12. The summed E-state index contributed by atoms with van der Waals surface area (Å²) in [6, 6.07) is 0. The lowest BCUT2D eigenvalue weighted by Gasteiger charge is -2.12. The zero-order valence-corrected chi connectivity index (χ0v) is 17.1. The highest BCUT2D eigenvalue weighted by Gasteiger charge is 2.14. The Kier molecular flexibility index (Phi) is 16.9. The maximum absolute atomic E-state index is 11.8. The lowest BCUT2D eigenvalue weighted by atomic mass is 10.0. The van der Waals surface area contributed by atoms with Gasteiger partial charge in [0.15, 0.2) is 0 Å². The van der Waals surface area contributed by atoms with Crippen LogP contribution in [0.15, 0.2) is 0 Å². The van der Waals surface area contributed by atoms with Crippen molar-refractivity contribution in [1.82, 2.24) is 0 Å². The molecule has 0 aliphatic carbocycles. The van der Waals surface area contributed by atoms with Crippen LogP contribution in [0.25, 0.3) is 0 Å². The molecule has 0 aromatic rings. The number of carbonyl (C=O) groups is 1. The number of rotatable bonds is 17. The van der Waals surface area contributed by atoms with Crippen molar-refractivity contribution in [2.45, 2.75) is 118 Å². The Morgan fingerprint density at radius 2 is 1.12 bits per heavy atom. The Bertz CT molecular complexity index is 273. The topological polar surface area (TPSA) is 26.3 Å². The maximum atomic E-state index is 11.8. The largest absolute Gasteiger partial charge is 0.465 e. The summed E-state index contributed by atoms with van der Waals surface area (Å²) >= 11 is 0. The molecule has 144 valence electrons. The van der Waals surface area contributed by atoms with E-state index in [9.17, 15) is 4.79 Å². The Hall–Kier alpha value is -0.530. The number of esters is 1. The Morgan fingerprint density at radius 1 is 0.708 bits per heavy atom. The van der Waals surface area contributed by atoms with E-state index in [1.807, 2.05) is 6.92 Å². The summed E-state index contributed by atoms with van der Waals surface area (Å²) in [5, 5.41) is 0. The molecule has 0 aromatic heterocycles. The van der Waals surface area contributed by atoms with Crippen LogP contribution in [0.2, 0.25) is 0 Å². The van der Waals surface area contributed by atoms with Crippen molar-refractivity contribution in [3.8, 4) is 0 Å². The molecule has 24 heavy (non-hydrogen) atoms. The summed E-state index contributed by atoms with van der Waals surface area (Å²) in [7, 11) is 0. The first kappa shape index (κ1) is 23.5. The molecule has 0 aliphatic rings. The molecule has 2 nitrogen and oxygen atoms in total. The molecule has 0 heterocycles. The van der Waals surface area contributed by atoms with Crippen LogP contribution in [-0.2, 0) is 9.53 Å². The van der Waals surface area contributed by atoms with Crippen molar-refractivity contribution in [2.24, 2.45) is 11.8 Å². The minimum absolute atomic E-state index is 0.0114. The lowest BCUT2D eigenvalue weighted by Crippen LogP contribution is -2.17. The van der Waals surface area contributed by atoms with E-state index in [0.29, 0.717) is 12.5 Å². The summed E-state index contributed by atoms with van der Waals surface area (Å²) in [6.45, 7) is 8.99. The first-order valence-corrected chi connectivity index (χ1v) is 10.7. The van der Waals surface area contributed by atoms with Gasteiger partial charge in [-0.15, -0.1) is 0 Å². The fourth-order valence-corrected chi connectivity index (χ4v) is 2.98. The molecule has 0 radical (unpaired) electrons. The molecule has 0 saturated carbocycles. The average molecular weight is 341 g/mol. The molecule has 0 saturated heterocycles. The Morgan fingerprint density at radius 3 is 1.54 bits per heavy atom. The minimum atomic E-state index is -0.0114. The third kappa shape index (κ3) is 16.3. The van der Waals surface area contributed by atoms with Crippen LogP contribution in [-0.4, -0.2) is 12.6 Å².